The minimum absolute atomic E-state index is 0.254. The molecule has 0 atom stereocenters. The summed E-state index contributed by atoms with van der Waals surface area (Å²) in [5.74, 6) is -0.254. The summed E-state index contributed by atoms with van der Waals surface area (Å²) in [4.78, 5) is 0. The van der Waals surface area contributed by atoms with Crippen molar-refractivity contribution < 1.29 is 4.39 Å². The average molecular weight is 279 g/mol. The SMILES string of the molecule is CCCn1cc(NCc2c(C)nn(CC)c2F)c(C)n1. The van der Waals surface area contributed by atoms with Gasteiger partial charge in [-0.15, -0.1) is 0 Å². The Hall–Kier alpha value is -1.85. The van der Waals surface area contributed by atoms with Gasteiger partial charge in [0.05, 0.1) is 17.1 Å². The highest BCUT2D eigenvalue weighted by atomic mass is 19.1. The van der Waals surface area contributed by atoms with Gasteiger partial charge in [-0.05, 0) is 27.2 Å². The van der Waals surface area contributed by atoms with Crippen LogP contribution < -0.4 is 5.32 Å². The summed E-state index contributed by atoms with van der Waals surface area (Å²) in [6.45, 7) is 9.64. The molecule has 2 heterocycles. The van der Waals surface area contributed by atoms with Gasteiger partial charge in [-0.1, -0.05) is 6.92 Å². The molecule has 6 heteroatoms. The van der Waals surface area contributed by atoms with Crippen LogP contribution in [0.2, 0.25) is 0 Å². The lowest BCUT2D eigenvalue weighted by Gasteiger charge is -2.04. The van der Waals surface area contributed by atoms with Crippen molar-refractivity contribution in [2.45, 2.75) is 53.8 Å². The van der Waals surface area contributed by atoms with E-state index in [0.29, 0.717) is 18.7 Å². The number of hydrogen-bond acceptors (Lipinski definition) is 3. The van der Waals surface area contributed by atoms with Gasteiger partial charge in [-0.2, -0.15) is 14.6 Å². The summed E-state index contributed by atoms with van der Waals surface area (Å²) in [5.41, 5.74) is 3.23. The quantitative estimate of drug-likeness (QED) is 0.884. The van der Waals surface area contributed by atoms with Crippen LogP contribution in [0.5, 0.6) is 0 Å². The first kappa shape index (κ1) is 14.6. The number of aryl methyl sites for hydroxylation is 4. The highest BCUT2D eigenvalue weighted by Gasteiger charge is 2.14. The van der Waals surface area contributed by atoms with Gasteiger partial charge < -0.3 is 5.32 Å². The van der Waals surface area contributed by atoms with Crippen molar-refractivity contribution in [3.63, 3.8) is 0 Å². The van der Waals surface area contributed by atoms with Crippen LogP contribution >= 0.6 is 0 Å². The lowest BCUT2D eigenvalue weighted by Crippen LogP contribution is -2.04. The van der Waals surface area contributed by atoms with Crippen molar-refractivity contribution in [2.24, 2.45) is 0 Å². The molecule has 5 nitrogen and oxygen atoms in total. The molecule has 20 heavy (non-hydrogen) atoms. The molecular weight excluding hydrogens is 257 g/mol. The number of anilines is 1. The zero-order chi connectivity index (χ0) is 14.7. The van der Waals surface area contributed by atoms with Crippen molar-refractivity contribution in [1.82, 2.24) is 19.6 Å². The third kappa shape index (κ3) is 2.84. The summed E-state index contributed by atoms with van der Waals surface area (Å²) in [5, 5.41) is 11.8. The van der Waals surface area contributed by atoms with Gasteiger partial charge in [0.25, 0.3) is 0 Å². The van der Waals surface area contributed by atoms with E-state index in [4.69, 9.17) is 0 Å². The number of rotatable bonds is 6. The van der Waals surface area contributed by atoms with Gasteiger partial charge in [0, 0.05) is 31.4 Å². The van der Waals surface area contributed by atoms with Crippen LogP contribution in [-0.2, 0) is 19.6 Å². The normalized spacial score (nSPS) is 11.1. The Morgan fingerprint density at radius 3 is 2.55 bits per heavy atom. The average Bonchev–Trinajstić information content (AvgIpc) is 2.89. The third-order valence-corrected chi connectivity index (χ3v) is 3.34. The van der Waals surface area contributed by atoms with Crippen LogP contribution in [0.1, 0.15) is 37.2 Å². The minimum atomic E-state index is -0.254. The summed E-state index contributed by atoms with van der Waals surface area (Å²) in [6.07, 6.45) is 3.01. The first-order valence-electron chi connectivity index (χ1n) is 7.06. The van der Waals surface area contributed by atoms with E-state index in [1.165, 1.54) is 4.68 Å². The predicted octanol–water partition coefficient (Wildman–Crippen LogP) is 2.88. The summed E-state index contributed by atoms with van der Waals surface area (Å²) >= 11 is 0. The van der Waals surface area contributed by atoms with E-state index in [9.17, 15) is 4.39 Å². The van der Waals surface area contributed by atoms with Gasteiger partial charge in [0.15, 0.2) is 0 Å². The van der Waals surface area contributed by atoms with E-state index in [1.807, 2.05) is 31.6 Å². The number of aromatic nitrogens is 4. The maximum absolute atomic E-state index is 14.1. The van der Waals surface area contributed by atoms with Gasteiger partial charge in [-0.25, -0.2) is 4.68 Å². The van der Waals surface area contributed by atoms with Crippen molar-refractivity contribution in [1.29, 1.82) is 0 Å². The monoisotopic (exact) mass is 279 g/mol. The molecule has 0 spiro atoms. The molecule has 0 unspecified atom stereocenters. The van der Waals surface area contributed by atoms with Crippen molar-refractivity contribution >= 4 is 5.69 Å². The fraction of sp³-hybridized carbons (Fsp3) is 0.571. The first-order chi connectivity index (χ1) is 9.56. The van der Waals surface area contributed by atoms with E-state index in [0.717, 1.165) is 30.0 Å². The fourth-order valence-electron chi connectivity index (χ4n) is 2.22. The lowest BCUT2D eigenvalue weighted by molar-refractivity contribution is 0.464. The smallest absolute Gasteiger partial charge is 0.216 e. The Bertz CT molecular complexity index is 585. The van der Waals surface area contributed by atoms with E-state index in [-0.39, 0.29) is 5.95 Å². The number of hydrogen-bond donors (Lipinski definition) is 1. The van der Waals surface area contributed by atoms with E-state index < -0.39 is 0 Å². The second-order valence-electron chi connectivity index (χ2n) is 4.92. The number of nitrogens with zero attached hydrogens (tertiary/aromatic N) is 4. The van der Waals surface area contributed by atoms with E-state index in [1.54, 1.807) is 0 Å². The molecule has 2 aromatic rings. The first-order valence-corrected chi connectivity index (χ1v) is 7.06. The van der Waals surface area contributed by atoms with Crippen LogP contribution in [-0.4, -0.2) is 19.6 Å². The molecule has 0 amide bonds. The number of halogens is 1. The maximum atomic E-state index is 14.1. The molecule has 0 fully saturated rings. The Morgan fingerprint density at radius 2 is 1.95 bits per heavy atom. The molecule has 0 saturated heterocycles. The predicted molar refractivity (Wildman–Crippen MR) is 77.2 cm³/mol. The van der Waals surface area contributed by atoms with Crippen LogP contribution in [0, 0.1) is 19.8 Å². The Labute approximate surface area is 118 Å². The molecule has 0 bridgehead atoms. The summed E-state index contributed by atoms with van der Waals surface area (Å²) in [7, 11) is 0. The summed E-state index contributed by atoms with van der Waals surface area (Å²) in [6, 6.07) is 0. The molecule has 0 aliphatic rings. The van der Waals surface area contributed by atoms with Gasteiger partial charge in [-0.3, -0.25) is 4.68 Å². The Balaban J connectivity index is 2.10. The van der Waals surface area contributed by atoms with Crippen LogP contribution in [0.15, 0.2) is 6.20 Å². The molecule has 0 aliphatic heterocycles. The molecule has 0 aliphatic carbocycles. The van der Waals surface area contributed by atoms with E-state index in [2.05, 4.69) is 22.4 Å². The van der Waals surface area contributed by atoms with Crippen LogP contribution in [0.4, 0.5) is 10.1 Å². The van der Waals surface area contributed by atoms with Crippen molar-refractivity contribution in [3.8, 4) is 0 Å². The van der Waals surface area contributed by atoms with Crippen LogP contribution in [0.3, 0.4) is 0 Å². The zero-order valence-corrected chi connectivity index (χ0v) is 12.6. The van der Waals surface area contributed by atoms with E-state index >= 15 is 0 Å². The van der Waals surface area contributed by atoms with Crippen molar-refractivity contribution in [2.75, 3.05) is 5.32 Å². The molecular formula is C14H22FN5. The largest absolute Gasteiger partial charge is 0.378 e. The molecule has 0 aromatic carbocycles. The Morgan fingerprint density at radius 1 is 1.20 bits per heavy atom. The third-order valence-electron chi connectivity index (χ3n) is 3.34. The minimum Gasteiger partial charge on any atom is -0.378 e. The molecule has 2 rings (SSSR count). The topological polar surface area (TPSA) is 47.7 Å². The second kappa shape index (κ2) is 6.07. The van der Waals surface area contributed by atoms with Gasteiger partial charge in [0.2, 0.25) is 5.95 Å². The van der Waals surface area contributed by atoms with Crippen molar-refractivity contribution in [3.05, 3.63) is 29.1 Å². The molecule has 110 valence electrons. The fourth-order valence-corrected chi connectivity index (χ4v) is 2.22. The molecule has 2 aromatic heterocycles. The molecule has 0 saturated carbocycles. The molecule has 1 N–H and O–H groups in total. The zero-order valence-electron chi connectivity index (χ0n) is 12.6. The van der Waals surface area contributed by atoms with Gasteiger partial charge >= 0.3 is 0 Å². The van der Waals surface area contributed by atoms with Crippen LogP contribution in [0.25, 0.3) is 0 Å². The Kier molecular flexibility index (Phi) is 4.42. The summed E-state index contributed by atoms with van der Waals surface area (Å²) < 4.78 is 17.4. The highest BCUT2D eigenvalue weighted by molar-refractivity contribution is 5.46. The number of nitrogens with one attached hydrogen (secondary N) is 1. The lowest BCUT2D eigenvalue weighted by atomic mass is 10.2. The standard InChI is InChI=1S/C14H22FN5/c1-5-7-19-9-13(11(4)17-19)16-8-12-10(3)18-20(6-2)14(12)15/h9,16H,5-8H2,1-4H3. The highest BCUT2D eigenvalue weighted by Crippen LogP contribution is 2.17. The second-order valence-corrected chi connectivity index (χ2v) is 4.92. The molecule has 0 radical (unpaired) electrons. The van der Waals surface area contributed by atoms with Gasteiger partial charge in [0.1, 0.15) is 0 Å². The maximum Gasteiger partial charge on any atom is 0.216 e.